The Morgan fingerprint density at radius 3 is 2.85 bits per heavy atom. The van der Waals surface area contributed by atoms with Crippen molar-refractivity contribution in [2.75, 3.05) is 6.54 Å². The molecule has 0 aromatic heterocycles. The predicted octanol–water partition coefficient (Wildman–Crippen LogP) is 1.95. The van der Waals surface area contributed by atoms with Crippen LogP contribution in [0.1, 0.15) is 11.1 Å². The van der Waals surface area contributed by atoms with Crippen molar-refractivity contribution in [3.8, 4) is 0 Å². The van der Waals surface area contributed by atoms with Gasteiger partial charge in [-0.3, -0.25) is 10.1 Å². The Labute approximate surface area is 75.3 Å². The minimum Gasteiger partial charge on any atom is -0.265 e. The number of aryl methyl sites for hydroxylation is 1. The van der Waals surface area contributed by atoms with E-state index in [1.54, 1.807) is 12.1 Å². The highest BCUT2D eigenvalue weighted by molar-refractivity contribution is 5.24. The van der Waals surface area contributed by atoms with Crippen LogP contribution in [0.15, 0.2) is 18.2 Å². The largest absolute Gasteiger partial charge is 0.265 e. The molecule has 4 heteroatoms. The molecule has 0 heterocycles. The van der Waals surface area contributed by atoms with Crippen LogP contribution in [0, 0.1) is 22.9 Å². The number of rotatable bonds is 3. The van der Waals surface area contributed by atoms with E-state index in [-0.39, 0.29) is 18.8 Å². The fourth-order valence-corrected chi connectivity index (χ4v) is 1.11. The normalized spacial score (nSPS) is 10.0. The number of nitrogens with zero attached hydrogens (tertiary/aromatic N) is 1. The molecule has 0 bridgehead atoms. The van der Waals surface area contributed by atoms with Gasteiger partial charge in [-0.2, -0.15) is 0 Å². The van der Waals surface area contributed by atoms with E-state index in [2.05, 4.69) is 0 Å². The van der Waals surface area contributed by atoms with E-state index in [0.717, 1.165) is 5.56 Å². The minimum atomic E-state index is -0.443. The molecule has 3 nitrogen and oxygen atoms in total. The third kappa shape index (κ3) is 2.82. The molecule has 0 aliphatic heterocycles. The quantitative estimate of drug-likeness (QED) is 0.531. The van der Waals surface area contributed by atoms with Crippen molar-refractivity contribution in [1.82, 2.24) is 0 Å². The summed E-state index contributed by atoms with van der Waals surface area (Å²) < 4.78 is 13.0. The second-order valence-electron chi connectivity index (χ2n) is 2.90. The summed E-state index contributed by atoms with van der Waals surface area (Å²) in [6.45, 7) is 1.61. The zero-order valence-corrected chi connectivity index (χ0v) is 7.29. The van der Waals surface area contributed by atoms with Gasteiger partial charge >= 0.3 is 0 Å². The molecule has 0 radical (unpaired) electrons. The van der Waals surface area contributed by atoms with Crippen molar-refractivity contribution in [3.63, 3.8) is 0 Å². The maximum atomic E-state index is 13.0. The topological polar surface area (TPSA) is 43.1 Å². The molecular formula is C9H10FNO2. The van der Waals surface area contributed by atoms with E-state index in [0.29, 0.717) is 5.56 Å². The minimum absolute atomic E-state index is 0.153. The van der Waals surface area contributed by atoms with Crippen LogP contribution in [0.25, 0.3) is 0 Å². The molecule has 13 heavy (non-hydrogen) atoms. The van der Waals surface area contributed by atoms with Gasteiger partial charge in [0.25, 0.3) is 0 Å². The first-order chi connectivity index (χ1) is 6.09. The van der Waals surface area contributed by atoms with Crippen molar-refractivity contribution in [3.05, 3.63) is 45.3 Å². The monoisotopic (exact) mass is 183 g/mol. The molecule has 70 valence electrons. The molecular weight excluding hydrogens is 173 g/mol. The highest BCUT2D eigenvalue weighted by Gasteiger charge is 2.05. The average Bonchev–Trinajstić information content (AvgIpc) is 2.06. The molecule has 0 atom stereocenters. The Kier molecular flexibility index (Phi) is 2.95. The van der Waals surface area contributed by atoms with Gasteiger partial charge in [0.1, 0.15) is 5.82 Å². The van der Waals surface area contributed by atoms with Crippen LogP contribution in [0.2, 0.25) is 0 Å². The van der Waals surface area contributed by atoms with Gasteiger partial charge in [-0.05, 0) is 18.6 Å². The summed E-state index contributed by atoms with van der Waals surface area (Å²) in [4.78, 5) is 9.61. The van der Waals surface area contributed by atoms with Crippen LogP contribution >= 0.6 is 0 Å². The van der Waals surface area contributed by atoms with E-state index in [1.807, 2.05) is 6.92 Å². The summed E-state index contributed by atoms with van der Waals surface area (Å²) in [6.07, 6.45) is 0.153. The number of halogens is 1. The molecule has 1 aromatic carbocycles. The van der Waals surface area contributed by atoms with Crippen molar-refractivity contribution in [2.24, 2.45) is 0 Å². The predicted molar refractivity (Wildman–Crippen MR) is 46.7 cm³/mol. The van der Waals surface area contributed by atoms with Crippen molar-refractivity contribution >= 4 is 0 Å². The van der Waals surface area contributed by atoms with Crippen LogP contribution in [0.3, 0.4) is 0 Å². The smallest absolute Gasteiger partial charge is 0.208 e. The van der Waals surface area contributed by atoms with Crippen molar-refractivity contribution in [2.45, 2.75) is 13.3 Å². The Bertz CT molecular complexity index is 325. The van der Waals surface area contributed by atoms with E-state index in [1.165, 1.54) is 6.07 Å². The van der Waals surface area contributed by atoms with Gasteiger partial charge in [0.05, 0.1) is 0 Å². The summed E-state index contributed by atoms with van der Waals surface area (Å²) in [7, 11) is 0. The summed E-state index contributed by atoms with van der Waals surface area (Å²) in [5.41, 5.74) is 1.33. The maximum Gasteiger partial charge on any atom is 0.208 e. The molecule has 0 aliphatic rings. The first kappa shape index (κ1) is 9.64. The molecule has 0 saturated heterocycles. The second kappa shape index (κ2) is 3.98. The molecule has 1 rings (SSSR count). The van der Waals surface area contributed by atoms with Crippen molar-refractivity contribution in [1.29, 1.82) is 0 Å². The second-order valence-corrected chi connectivity index (χ2v) is 2.90. The lowest BCUT2D eigenvalue weighted by molar-refractivity contribution is -0.479. The Morgan fingerprint density at radius 2 is 2.23 bits per heavy atom. The molecule has 0 fully saturated rings. The standard InChI is InChI=1S/C9H10FNO2/c1-7-2-3-9(10)8(6-7)4-5-11(12)13/h2-3,6H,4-5H2,1H3. The Morgan fingerprint density at radius 1 is 1.54 bits per heavy atom. The Hall–Kier alpha value is -1.45. The van der Waals surface area contributed by atoms with Crippen LogP contribution < -0.4 is 0 Å². The Balaban J connectivity index is 2.75. The lowest BCUT2D eigenvalue weighted by Crippen LogP contribution is -2.05. The lowest BCUT2D eigenvalue weighted by Gasteiger charge is -2.00. The summed E-state index contributed by atoms with van der Waals surface area (Å²) in [5, 5.41) is 10.1. The summed E-state index contributed by atoms with van der Waals surface area (Å²) in [6, 6.07) is 4.62. The SMILES string of the molecule is Cc1ccc(F)c(CC[N+](=O)[O-])c1. The zero-order valence-electron chi connectivity index (χ0n) is 7.29. The number of hydrogen-bond acceptors (Lipinski definition) is 2. The van der Waals surface area contributed by atoms with Crippen LogP contribution in [-0.2, 0) is 6.42 Å². The van der Waals surface area contributed by atoms with Gasteiger partial charge in [0, 0.05) is 11.3 Å². The molecule has 0 spiro atoms. The van der Waals surface area contributed by atoms with Gasteiger partial charge in [-0.1, -0.05) is 17.7 Å². The molecule has 0 aliphatic carbocycles. The number of hydrogen-bond donors (Lipinski definition) is 0. The summed E-state index contributed by atoms with van der Waals surface area (Å²) in [5.74, 6) is -0.368. The zero-order chi connectivity index (χ0) is 9.84. The fourth-order valence-electron chi connectivity index (χ4n) is 1.11. The lowest BCUT2D eigenvalue weighted by atomic mass is 10.1. The third-order valence-electron chi connectivity index (χ3n) is 1.76. The average molecular weight is 183 g/mol. The van der Waals surface area contributed by atoms with Gasteiger partial charge < -0.3 is 0 Å². The highest BCUT2D eigenvalue weighted by atomic mass is 19.1. The summed E-state index contributed by atoms with van der Waals surface area (Å²) >= 11 is 0. The van der Waals surface area contributed by atoms with E-state index >= 15 is 0 Å². The first-order valence-electron chi connectivity index (χ1n) is 3.96. The van der Waals surface area contributed by atoms with Gasteiger partial charge in [-0.15, -0.1) is 0 Å². The molecule has 0 unspecified atom stereocenters. The van der Waals surface area contributed by atoms with E-state index < -0.39 is 4.92 Å². The molecule has 1 aromatic rings. The fraction of sp³-hybridized carbons (Fsp3) is 0.333. The van der Waals surface area contributed by atoms with E-state index in [9.17, 15) is 14.5 Å². The number of nitro groups is 1. The van der Waals surface area contributed by atoms with Crippen LogP contribution in [0.5, 0.6) is 0 Å². The van der Waals surface area contributed by atoms with Gasteiger partial charge in [-0.25, -0.2) is 4.39 Å². The van der Waals surface area contributed by atoms with Gasteiger partial charge in [0.15, 0.2) is 0 Å². The highest BCUT2D eigenvalue weighted by Crippen LogP contribution is 2.10. The van der Waals surface area contributed by atoms with Crippen LogP contribution in [-0.4, -0.2) is 11.5 Å². The van der Waals surface area contributed by atoms with Crippen LogP contribution in [0.4, 0.5) is 4.39 Å². The first-order valence-corrected chi connectivity index (χ1v) is 3.96. The van der Waals surface area contributed by atoms with Crippen molar-refractivity contribution < 1.29 is 9.31 Å². The number of benzene rings is 1. The molecule has 0 amide bonds. The molecule has 0 saturated carbocycles. The van der Waals surface area contributed by atoms with Gasteiger partial charge in [0.2, 0.25) is 6.54 Å². The maximum absolute atomic E-state index is 13.0. The van der Waals surface area contributed by atoms with E-state index in [4.69, 9.17) is 0 Å². The molecule has 0 N–H and O–H groups in total. The third-order valence-corrected chi connectivity index (χ3v) is 1.76.